The normalized spacial score (nSPS) is 23.3. The van der Waals surface area contributed by atoms with Crippen LogP contribution in [-0.2, 0) is 9.59 Å². The van der Waals surface area contributed by atoms with Gasteiger partial charge in [0, 0.05) is 10.0 Å². The minimum atomic E-state index is -0.893. The molecule has 1 aliphatic carbocycles. The van der Waals surface area contributed by atoms with Gasteiger partial charge >= 0.3 is 5.97 Å². The molecule has 3 N–H and O–H groups in total. The van der Waals surface area contributed by atoms with E-state index in [0.717, 1.165) is 17.3 Å². The number of carboxylic acid groups (broad SMARTS) is 1. The zero-order valence-electron chi connectivity index (χ0n) is 13.5. The summed E-state index contributed by atoms with van der Waals surface area (Å²) < 4.78 is 0.776. The molecule has 0 saturated heterocycles. The van der Waals surface area contributed by atoms with Gasteiger partial charge in [0.05, 0.1) is 18.0 Å². The van der Waals surface area contributed by atoms with Gasteiger partial charge in [-0.05, 0) is 38.0 Å². The third-order valence-corrected chi connectivity index (χ3v) is 4.92. The summed E-state index contributed by atoms with van der Waals surface area (Å²) in [5, 5.41) is 14.7. The first-order chi connectivity index (χ1) is 11.3. The lowest BCUT2D eigenvalue weighted by atomic mass is 9.74. The van der Waals surface area contributed by atoms with E-state index in [1.807, 2.05) is 0 Å². The smallest absolute Gasteiger partial charge is 0.308 e. The summed E-state index contributed by atoms with van der Waals surface area (Å²) in [5.41, 5.74) is -0.328. The van der Waals surface area contributed by atoms with E-state index in [9.17, 15) is 19.5 Å². The third-order valence-electron chi connectivity index (χ3n) is 4.43. The van der Waals surface area contributed by atoms with Crippen LogP contribution in [0.5, 0.6) is 0 Å². The molecule has 1 aliphatic rings. The SMILES string of the molecule is CC1(NC(=O)CNC(=O)c2cccc(Br)c2)CCCCC1C(=O)O. The second kappa shape index (κ2) is 7.79. The Kier molecular flexibility index (Phi) is 5.99. The van der Waals surface area contributed by atoms with E-state index in [1.165, 1.54) is 0 Å². The first-order valence-corrected chi connectivity index (χ1v) is 8.69. The van der Waals surface area contributed by atoms with Gasteiger partial charge in [-0.3, -0.25) is 14.4 Å². The van der Waals surface area contributed by atoms with E-state index in [0.29, 0.717) is 18.4 Å². The van der Waals surface area contributed by atoms with Crippen molar-refractivity contribution < 1.29 is 19.5 Å². The number of hydrogen-bond donors (Lipinski definition) is 3. The van der Waals surface area contributed by atoms with Crippen LogP contribution in [0.2, 0.25) is 0 Å². The minimum Gasteiger partial charge on any atom is -0.481 e. The largest absolute Gasteiger partial charge is 0.481 e. The molecule has 2 rings (SSSR count). The van der Waals surface area contributed by atoms with E-state index < -0.39 is 17.4 Å². The molecule has 130 valence electrons. The molecule has 0 spiro atoms. The van der Waals surface area contributed by atoms with Gasteiger partial charge in [-0.25, -0.2) is 0 Å². The molecule has 0 radical (unpaired) electrons. The Morgan fingerprint density at radius 2 is 2.08 bits per heavy atom. The molecular weight excluding hydrogens is 376 g/mol. The summed E-state index contributed by atoms with van der Waals surface area (Å²) in [5.74, 6) is -2.23. The topological polar surface area (TPSA) is 95.5 Å². The average Bonchev–Trinajstić information content (AvgIpc) is 2.52. The van der Waals surface area contributed by atoms with Gasteiger partial charge < -0.3 is 15.7 Å². The van der Waals surface area contributed by atoms with E-state index in [1.54, 1.807) is 31.2 Å². The lowest BCUT2D eigenvalue weighted by Gasteiger charge is -2.39. The molecular formula is C17H21BrN2O4. The summed E-state index contributed by atoms with van der Waals surface area (Å²) in [6, 6.07) is 6.86. The van der Waals surface area contributed by atoms with Gasteiger partial charge in [-0.2, -0.15) is 0 Å². The Labute approximate surface area is 149 Å². The Morgan fingerprint density at radius 1 is 1.33 bits per heavy atom. The summed E-state index contributed by atoms with van der Waals surface area (Å²) >= 11 is 3.29. The van der Waals surface area contributed by atoms with Gasteiger partial charge in [-0.15, -0.1) is 0 Å². The van der Waals surface area contributed by atoms with Crippen LogP contribution in [0.25, 0.3) is 0 Å². The fourth-order valence-corrected chi connectivity index (χ4v) is 3.53. The highest BCUT2D eigenvalue weighted by Gasteiger charge is 2.42. The summed E-state index contributed by atoms with van der Waals surface area (Å²) in [6.07, 6.45) is 2.90. The molecule has 0 bridgehead atoms. The number of rotatable bonds is 5. The maximum absolute atomic E-state index is 12.2. The van der Waals surface area contributed by atoms with Gasteiger partial charge in [0.1, 0.15) is 0 Å². The quantitative estimate of drug-likeness (QED) is 0.711. The highest BCUT2D eigenvalue weighted by molar-refractivity contribution is 9.10. The van der Waals surface area contributed by atoms with Crippen LogP contribution in [0.15, 0.2) is 28.7 Å². The molecule has 0 heterocycles. The van der Waals surface area contributed by atoms with Crippen molar-refractivity contribution >= 4 is 33.7 Å². The second-order valence-electron chi connectivity index (χ2n) is 6.30. The summed E-state index contributed by atoms with van der Waals surface area (Å²) in [6.45, 7) is 1.58. The molecule has 7 heteroatoms. The van der Waals surface area contributed by atoms with Crippen LogP contribution in [0.1, 0.15) is 43.0 Å². The Balaban J connectivity index is 1.92. The molecule has 0 aliphatic heterocycles. The second-order valence-corrected chi connectivity index (χ2v) is 7.21. The van der Waals surface area contributed by atoms with Crippen molar-refractivity contribution in [2.75, 3.05) is 6.54 Å². The van der Waals surface area contributed by atoms with Crippen molar-refractivity contribution in [1.29, 1.82) is 0 Å². The Bertz CT molecular complexity index is 649. The molecule has 6 nitrogen and oxygen atoms in total. The number of benzene rings is 1. The molecule has 2 unspecified atom stereocenters. The van der Waals surface area contributed by atoms with Crippen LogP contribution >= 0.6 is 15.9 Å². The van der Waals surface area contributed by atoms with Crippen molar-refractivity contribution in [3.63, 3.8) is 0 Å². The number of carbonyl (C=O) groups is 3. The number of aliphatic carboxylic acids is 1. The first kappa shape index (κ1) is 18.4. The molecule has 1 aromatic rings. The maximum Gasteiger partial charge on any atom is 0.308 e. The number of hydrogen-bond acceptors (Lipinski definition) is 3. The number of nitrogens with one attached hydrogen (secondary N) is 2. The highest BCUT2D eigenvalue weighted by atomic mass is 79.9. The molecule has 2 atom stereocenters. The van der Waals surface area contributed by atoms with Crippen LogP contribution in [-0.4, -0.2) is 35.0 Å². The van der Waals surface area contributed by atoms with Gasteiger partial charge in [0.15, 0.2) is 0 Å². The fraction of sp³-hybridized carbons (Fsp3) is 0.471. The lowest BCUT2D eigenvalue weighted by molar-refractivity contribution is -0.146. The minimum absolute atomic E-state index is 0.187. The van der Waals surface area contributed by atoms with Crippen LogP contribution in [0.4, 0.5) is 0 Å². The maximum atomic E-state index is 12.2. The number of carbonyl (C=O) groups excluding carboxylic acids is 2. The molecule has 1 aromatic carbocycles. The van der Waals surface area contributed by atoms with Gasteiger partial charge in [0.25, 0.3) is 5.91 Å². The number of amides is 2. The Morgan fingerprint density at radius 3 is 2.75 bits per heavy atom. The Hall–Kier alpha value is -1.89. The lowest BCUT2D eigenvalue weighted by Crippen LogP contribution is -2.57. The number of halogens is 1. The van der Waals surface area contributed by atoms with E-state index in [-0.39, 0.29) is 18.4 Å². The predicted octanol–water partition coefficient (Wildman–Crippen LogP) is 2.33. The van der Waals surface area contributed by atoms with Gasteiger partial charge in [-0.1, -0.05) is 34.8 Å². The van der Waals surface area contributed by atoms with Crippen molar-refractivity contribution in [3.8, 4) is 0 Å². The zero-order valence-corrected chi connectivity index (χ0v) is 15.1. The third kappa shape index (κ3) is 4.56. The zero-order chi connectivity index (χ0) is 17.7. The first-order valence-electron chi connectivity index (χ1n) is 7.89. The van der Waals surface area contributed by atoms with Gasteiger partial charge in [0.2, 0.25) is 5.91 Å². The molecule has 1 fully saturated rings. The van der Waals surface area contributed by atoms with Crippen LogP contribution in [0, 0.1) is 5.92 Å². The van der Waals surface area contributed by atoms with E-state index in [4.69, 9.17) is 0 Å². The van der Waals surface area contributed by atoms with Crippen molar-refractivity contribution in [2.45, 2.75) is 38.1 Å². The predicted molar refractivity (Wildman–Crippen MR) is 92.6 cm³/mol. The summed E-state index contributed by atoms with van der Waals surface area (Å²) in [7, 11) is 0. The van der Waals surface area contributed by atoms with E-state index >= 15 is 0 Å². The van der Waals surface area contributed by atoms with Crippen molar-refractivity contribution in [3.05, 3.63) is 34.3 Å². The van der Waals surface area contributed by atoms with Crippen molar-refractivity contribution in [2.24, 2.45) is 5.92 Å². The number of carboxylic acids is 1. The fourth-order valence-electron chi connectivity index (χ4n) is 3.13. The monoisotopic (exact) mass is 396 g/mol. The standard InChI is InChI=1S/C17H21BrN2O4/c1-17(8-3-2-7-13(17)16(23)24)20-14(21)10-19-15(22)11-5-4-6-12(18)9-11/h4-6,9,13H,2-3,7-8,10H2,1H3,(H,19,22)(H,20,21)(H,23,24). The molecule has 2 amide bonds. The molecule has 24 heavy (non-hydrogen) atoms. The van der Waals surface area contributed by atoms with Crippen LogP contribution < -0.4 is 10.6 Å². The van der Waals surface area contributed by atoms with Crippen molar-refractivity contribution in [1.82, 2.24) is 10.6 Å². The highest BCUT2D eigenvalue weighted by Crippen LogP contribution is 2.33. The summed E-state index contributed by atoms with van der Waals surface area (Å²) in [4.78, 5) is 35.6. The van der Waals surface area contributed by atoms with Crippen LogP contribution in [0.3, 0.4) is 0 Å². The van der Waals surface area contributed by atoms with E-state index in [2.05, 4.69) is 26.6 Å². The molecule has 1 saturated carbocycles. The average molecular weight is 397 g/mol. The molecule has 0 aromatic heterocycles.